The van der Waals surface area contributed by atoms with Gasteiger partial charge in [-0.2, -0.15) is 9.61 Å². The zero-order valence-corrected chi connectivity index (χ0v) is 14.4. The van der Waals surface area contributed by atoms with Crippen LogP contribution in [0.25, 0.3) is 5.52 Å². The Morgan fingerprint density at radius 3 is 2.63 bits per heavy atom. The van der Waals surface area contributed by atoms with E-state index in [1.54, 1.807) is 13.0 Å². The molecule has 0 spiro atoms. The maximum absolute atomic E-state index is 13.9. The van der Waals surface area contributed by atoms with Crippen molar-refractivity contribution in [3.05, 3.63) is 58.8 Å². The second kappa shape index (κ2) is 6.53. The Morgan fingerprint density at radius 1 is 1.30 bits per heavy atom. The first-order chi connectivity index (χ1) is 12.9. The van der Waals surface area contributed by atoms with E-state index in [4.69, 9.17) is 14.6 Å². The highest BCUT2D eigenvalue weighted by molar-refractivity contribution is 5.71. The Balaban J connectivity index is 1.76. The Hall–Kier alpha value is -3.16. The van der Waals surface area contributed by atoms with E-state index in [9.17, 15) is 13.6 Å². The molecule has 1 N–H and O–H groups in total. The van der Waals surface area contributed by atoms with Gasteiger partial charge in [-0.25, -0.2) is 13.6 Å². The minimum atomic E-state index is -1.44. The summed E-state index contributed by atoms with van der Waals surface area (Å²) < 4.78 is 39.7. The molecule has 2 aromatic heterocycles. The monoisotopic (exact) mass is 374 g/mol. The molecule has 0 saturated heterocycles. The Labute approximate surface area is 152 Å². The first-order valence-corrected chi connectivity index (χ1v) is 8.44. The first-order valence-electron chi connectivity index (χ1n) is 8.44. The van der Waals surface area contributed by atoms with Gasteiger partial charge in [0.2, 0.25) is 5.88 Å². The highest BCUT2D eigenvalue weighted by Crippen LogP contribution is 2.43. The van der Waals surface area contributed by atoms with E-state index in [1.165, 1.54) is 10.6 Å². The SMILES string of the molecule is Cc1nn2c(OCc3c(F)cccc3F)cc(C3CC3)cc2c1OC(=O)O. The first kappa shape index (κ1) is 17.3. The molecule has 0 amide bonds. The number of ether oxygens (including phenoxy) is 2. The van der Waals surface area contributed by atoms with Crippen LogP contribution in [0.5, 0.6) is 11.6 Å². The Bertz CT molecular complexity index is 1020. The molecular weight excluding hydrogens is 358 g/mol. The molecule has 1 fully saturated rings. The van der Waals surface area contributed by atoms with Crippen molar-refractivity contribution in [2.24, 2.45) is 0 Å². The fourth-order valence-corrected chi connectivity index (χ4v) is 3.01. The van der Waals surface area contributed by atoms with Crippen molar-refractivity contribution < 1.29 is 28.2 Å². The number of aryl methyl sites for hydroxylation is 1. The molecule has 0 atom stereocenters. The number of carboxylic acid groups (broad SMARTS) is 1. The van der Waals surface area contributed by atoms with Crippen LogP contribution < -0.4 is 9.47 Å². The Morgan fingerprint density at radius 2 is 2.00 bits per heavy atom. The molecule has 0 unspecified atom stereocenters. The molecule has 3 aromatic rings. The van der Waals surface area contributed by atoms with Crippen LogP contribution in [0.3, 0.4) is 0 Å². The zero-order chi connectivity index (χ0) is 19.1. The van der Waals surface area contributed by atoms with Crippen LogP contribution in [0.15, 0.2) is 30.3 Å². The van der Waals surface area contributed by atoms with Crippen molar-refractivity contribution in [3.8, 4) is 11.6 Å². The molecule has 1 aliphatic rings. The average Bonchev–Trinajstić information content (AvgIpc) is 3.41. The molecule has 6 nitrogen and oxygen atoms in total. The zero-order valence-electron chi connectivity index (χ0n) is 14.4. The quantitative estimate of drug-likeness (QED) is 0.669. The van der Waals surface area contributed by atoms with Gasteiger partial charge in [-0.3, -0.25) is 0 Å². The lowest BCUT2D eigenvalue weighted by molar-refractivity contribution is 0.144. The standard InChI is InChI=1S/C19H16F2N2O4/c1-10-18(27-19(24)25)16-7-12(11-5-6-11)8-17(23(16)22-10)26-9-13-14(20)3-2-4-15(13)21/h2-4,7-8,11H,5-6,9H2,1H3,(H,24,25). The van der Waals surface area contributed by atoms with Gasteiger partial charge in [-0.05, 0) is 49.4 Å². The van der Waals surface area contributed by atoms with Crippen molar-refractivity contribution in [2.75, 3.05) is 0 Å². The second-order valence-corrected chi connectivity index (χ2v) is 6.47. The van der Waals surface area contributed by atoms with Gasteiger partial charge in [0.25, 0.3) is 0 Å². The molecule has 0 bridgehead atoms. The van der Waals surface area contributed by atoms with E-state index in [0.717, 1.165) is 30.5 Å². The summed E-state index contributed by atoms with van der Waals surface area (Å²) in [4.78, 5) is 11.0. The third kappa shape index (κ3) is 3.30. The van der Waals surface area contributed by atoms with Crippen molar-refractivity contribution in [2.45, 2.75) is 32.3 Å². The van der Waals surface area contributed by atoms with Crippen molar-refractivity contribution in [3.63, 3.8) is 0 Å². The molecule has 4 rings (SSSR count). The molecule has 27 heavy (non-hydrogen) atoms. The number of carbonyl (C=O) groups is 1. The van der Waals surface area contributed by atoms with E-state index >= 15 is 0 Å². The number of hydrogen-bond acceptors (Lipinski definition) is 4. The number of aromatic nitrogens is 2. The number of benzene rings is 1. The second-order valence-electron chi connectivity index (χ2n) is 6.47. The number of nitrogens with zero attached hydrogens (tertiary/aromatic N) is 2. The van der Waals surface area contributed by atoms with Gasteiger partial charge in [-0.1, -0.05) is 6.07 Å². The molecule has 0 aliphatic heterocycles. The van der Waals surface area contributed by atoms with Crippen molar-refractivity contribution in [1.82, 2.24) is 9.61 Å². The maximum Gasteiger partial charge on any atom is 0.511 e. The average molecular weight is 374 g/mol. The fourth-order valence-electron chi connectivity index (χ4n) is 3.01. The predicted octanol–water partition coefficient (Wildman–Crippen LogP) is 4.43. The summed E-state index contributed by atoms with van der Waals surface area (Å²) in [6, 6.07) is 7.18. The van der Waals surface area contributed by atoms with Gasteiger partial charge in [0, 0.05) is 6.07 Å². The lowest BCUT2D eigenvalue weighted by Gasteiger charge is -2.11. The van der Waals surface area contributed by atoms with Crippen LogP contribution in [0.2, 0.25) is 0 Å². The van der Waals surface area contributed by atoms with Gasteiger partial charge in [-0.15, -0.1) is 0 Å². The Kier molecular flexibility index (Phi) is 4.18. The molecular formula is C19H16F2N2O4. The van der Waals surface area contributed by atoms with E-state index in [-0.39, 0.29) is 23.8 Å². The van der Waals surface area contributed by atoms with Gasteiger partial charge in [0.1, 0.15) is 29.5 Å². The fraction of sp³-hybridized carbons (Fsp3) is 0.263. The summed E-state index contributed by atoms with van der Waals surface area (Å²) >= 11 is 0. The summed E-state index contributed by atoms with van der Waals surface area (Å²) in [5.41, 5.74) is 1.56. The number of hydrogen-bond donors (Lipinski definition) is 1. The van der Waals surface area contributed by atoms with Gasteiger partial charge >= 0.3 is 6.16 Å². The highest BCUT2D eigenvalue weighted by atomic mass is 19.1. The number of pyridine rings is 1. The summed E-state index contributed by atoms with van der Waals surface area (Å²) in [6.45, 7) is 1.29. The third-order valence-corrected chi connectivity index (χ3v) is 4.51. The molecule has 140 valence electrons. The van der Waals surface area contributed by atoms with Crippen LogP contribution in [0.4, 0.5) is 13.6 Å². The smallest absolute Gasteiger partial charge is 0.473 e. The minimum Gasteiger partial charge on any atom is -0.473 e. The summed E-state index contributed by atoms with van der Waals surface area (Å²) in [6.07, 6.45) is 0.584. The highest BCUT2D eigenvalue weighted by Gasteiger charge is 2.27. The van der Waals surface area contributed by atoms with Crippen LogP contribution >= 0.6 is 0 Å². The topological polar surface area (TPSA) is 73.1 Å². The van der Waals surface area contributed by atoms with Crippen LogP contribution in [-0.4, -0.2) is 20.9 Å². The third-order valence-electron chi connectivity index (χ3n) is 4.51. The van der Waals surface area contributed by atoms with E-state index in [0.29, 0.717) is 17.1 Å². The van der Waals surface area contributed by atoms with E-state index in [2.05, 4.69) is 5.10 Å². The van der Waals surface area contributed by atoms with Gasteiger partial charge in [0.05, 0.1) is 5.56 Å². The number of halogens is 2. The number of fused-ring (bicyclic) bond motifs is 1. The maximum atomic E-state index is 13.9. The summed E-state index contributed by atoms with van der Waals surface area (Å²) in [5, 5.41) is 13.2. The van der Waals surface area contributed by atoms with E-state index < -0.39 is 17.8 Å². The van der Waals surface area contributed by atoms with Crippen LogP contribution in [0, 0.1) is 18.6 Å². The minimum absolute atomic E-state index is 0.118. The predicted molar refractivity (Wildman–Crippen MR) is 91.2 cm³/mol. The lowest BCUT2D eigenvalue weighted by Crippen LogP contribution is -2.06. The normalized spacial score (nSPS) is 13.7. The lowest BCUT2D eigenvalue weighted by atomic mass is 10.1. The van der Waals surface area contributed by atoms with Gasteiger partial charge < -0.3 is 14.6 Å². The van der Waals surface area contributed by atoms with Crippen molar-refractivity contribution in [1.29, 1.82) is 0 Å². The molecule has 0 radical (unpaired) electrons. The van der Waals surface area contributed by atoms with Crippen molar-refractivity contribution >= 4 is 11.7 Å². The van der Waals surface area contributed by atoms with Gasteiger partial charge in [0.15, 0.2) is 5.75 Å². The number of rotatable bonds is 5. The summed E-state index contributed by atoms with van der Waals surface area (Å²) in [5.74, 6) is -0.671. The summed E-state index contributed by atoms with van der Waals surface area (Å²) in [7, 11) is 0. The molecule has 1 aliphatic carbocycles. The van der Waals surface area contributed by atoms with Crippen LogP contribution in [0.1, 0.15) is 35.6 Å². The molecule has 2 heterocycles. The molecule has 1 aromatic carbocycles. The molecule has 1 saturated carbocycles. The van der Waals surface area contributed by atoms with E-state index in [1.807, 2.05) is 6.07 Å². The molecule has 8 heteroatoms. The van der Waals surface area contributed by atoms with Crippen LogP contribution in [-0.2, 0) is 6.61 Å². The largest absolute Gasteiger partial charge is 0.511 e.